The van der Waals surface area contributed by atoms with E-state index in [0.29, 0.717) is 0 Å². The van der Waals surface area contributed by atoms with E-state index in [2.05, 4.69) is 101 Å². The highest BCUT2D eigenvalue weighted by Gasteiger charge is 2.50. The molecule has 0 aliphatic rings. The van der Waals surface area contributed by atoms with Crippen molar-refractivity contribution in [3.8, 4) is 0 Å². The summed E-state index contributed by atoms with van der Waals surface area (Å²) < 4.78 is 0. The summed E-state index contributed by atoms with van der Waals surface area (Å²) in [7, 11) is 4.26. The Morgan fingerprint density at radius 3 is 1.28 bits per heavy atom. The van der Waals surface area contributed by atoms with E-state index in [1.165, 1.54) is 62.6 Å². The highest BCUT2D eigenvalue weighted by Crippen LogP contribution is 2.55. The topological polar surface area (TPSA) is 3.24 Å². The van der Waals surface area contributed by atoms with Gasteiger partial charge in [0.25, 0.3) is 0 Å². The molecule has 0 aromatic heterocycles. The molecule has 0 fully saturated rings. The lowest BCUT2D eigenvalue weighted by molar-refractivity contribution is 0.147. The third kappa shape index (κ3) is 4.71. The molecule has 0 radical (unpaired) electrons. The molecule has 1 nitrogen and oxygen atoms in total. The fourth-order valence-electron chi connectivity index (χ4n) is 5.88. The fraction of sp³-hybridized carbons (Fsp3) is 0.571. The average Bonchev–Trinajstić information content (AvgIpc) is 2.74. The molecule has 0 amide bonds. The Bertz CT molecular complexity index is 687. The zero-order valence-electron chi connectivity index (χ0n) is 19.8. The van der Waals surface area contributed by atoms with Crippen LogP contribution in [0.5, 0.6) is 0 Å². The van der Waals surface area contributed by atoms with E-state index in [1.807, 2.05) is 0 Å². The lowest BCUT2D eigenvalue weighted by atomic mass is 9.50. The Morgan fingerprint density at radius 2 is 0.931 bits per heavy atom. The molecule has 2 aromatic carbocycles. The van der Waals surface area contributed by atoms with Crippen molar-refractivity contribution in [1.82, 2.24) is 0 Å². The van der Waals surface area contributed by atoms with Crippen LogP contribution in [-0.2, 0) is 10.8 Å². The number of anilines is 1. The van der Waals surface area contributed by atoms with Crippen molar-refractivity contribution in [2.24, 2.45) is 0 Å². The fourth-order valence-corrected chi connectivity index (χ4v) is 5.88. The maximum atomic E-state index is 2.43. The van der Waals surface area contributed by atoms with Crippen LogP contribution in [0.25, 0.3) is 0 Å². The van der Waals surface area contributed by atoms with E-state index in [0.717, 1.165) is 0 Å². The van der Waals surface area contributed by atoms with E-state index in [4.69, 9.17) is 0 Å². The Balaban J connectivity index is 2.79. The summed E-state index contributed by atoms with van der Waals surface area (Å²) in [4.78, 5) is 2.20. The van der Waals surface area contributed by atoms with Gasteiger partial charge in [0.2, 0.25) is 0 Å². The van der Waals surface area contributed by atoms with Gasteiger partial charge >= 0.3 is 0 Å². The molecule has 0 spiro atoms. The molecule has 0 aliphatic heterocycles. The van der Waals surface area contributed by atoms with Crippen LogP contribution in [0.1, 0.15) is 90.2 Å². The third-order valence-corrected chi connectivity index (χ3v) is 6.89. The Morgan fingerprint density at radius 1 is 0.552 bits per heavy atom. The first-order chi connectivity index (χ1) is 14.0. The normalized spacial score (nSPS) is 12.2. The zero-order valence-corrected chi connectivity index (χ0v) is 19.8. The number of hydrogen-bond acceptors (Lipinski definition) is 1. The van der Waals surface area contributed by atoms with E-state index in [-0.39, 0.29) is 10.8 Å². The number of rotatable bonds is 12. The second-order valence-electron chi connectivity index (χ2n) is 8.97. The molecule has 0 N–H and O–H groups in total. The van der Waals surface area contributed by atoms with E-state index in [9.17, 15) is 0 Å². The largest absolute Gasteiger partial charge is 0.378 e. The van der Waals surface area contributed by atoms with E-state index in [1.54, 1.807) is 5.56 Å². The van der Waals surface area contributed by atoms with Gasteiger partial charge < -0.3 is 4.90 Å². The average molecular weight is 394 g/mol. The van der Waals surface area contributed by atoms with Gasteiger partial charge in [0, 0.05) is 30.6 Å². The molecule has 0 aliphatic carbocycles. The highest BCUT2D eigenvalue weighted by molar-refractivity contribution is 5.49. The van der Waals surface area contributed by atoms with Crippen LogP contribution in [0.4, 0.5) is 5.69 Å². The van der Waals surface area contributed by atoms with Crippen molar-refractivity contribution in [3.05, 3.63) is 65.7 Å². The van der Waals surface area contributed by atoms with Crippen molar-refractivity contribution in [1.29, 1.82) is 0 Å². The van der Waals surface area contributed by atoms with Gasteiger partial charge in [0.15, 0.2) is 0 Å². The van der Waals surface area contributed by atoms with Crippen LogP contribution in [0.15, 0.2) is 54.6 Å². The van der Waals surface area contributed by atoms with Crippen LogP contribution in [0.2, 0.25) is 0 Å². The maximum absolute atomic E-state index is 2.43. The van der Waals surface area contributed by atoms with Gasteiger partial charge in [-0.15, -0.1) is 0 Å². The van der Waals surface area contributed by atoms with Crippen molar-refractivity contribution in [2.45, 2.75) is 89.9 Å². The van der Waals surface area contributed by atoms with E-state index >= 15 is 0 Å². The lowest BCUT2D eigenvalue weighted by Gasteiger charge is -2.53. The predicted octanol–water partition coefficient (Wildman–Crippen LogP) is 8.13. The van der Waals surface area contributed by atoms with Gasteiger partial charge in [-0.25, -0.2) is 0 Å². The molecule has 29 heavy (non-hydrogen) atoms. The molecule has 0 saturated carbocycles. The minimum atomic E-state index is 0.175. The van der Waals surface area contributed by atoms with Crippen LogP contribution < -0.4 is 4.90 Å². The Hall–Kier alpha value is -1.76. The summed E-state index contributed by atoms with van der Waals surface area (Å²) >= 11 is 0. The van der Waals surface area contributed by atoms with Crippen molar-refractivity contribution < 1.29 is 0 Å². The smallest absolute Gasteiger partial charge is 0.0361 e. The number of hydrogen-bond donors (Lipinski definition) is 0. The van der Waals surface area contributed by atoms with Gasteiger partial charge in [0.1, 0.15) is 0 Å². The molecular weight excluding hydrogens is 350 g/mol. The third-order valence-electron chi connectivity index (χ3n) is 6.89. The minimum Gasteiger partial charge on any atom is -0.378 e. The van der Waals surface area contributed by atoms with Gasteiger partial charge in [-0.2, -0.15) is 0 Å². The van der Waals surface area contributed by atoms with Crippen LogP contribution >= 0.6 is 0 Å². The number of benzene rings is 2. The van der Waals surface area contributed by atoms with Crippen molar-refractivity contribution in [2.75, 3.05) is 19.0 Å². The van der Waals surface area contributed by atoms with Crippen LogP contribution in [0, 0.1) is 0 Å². The summed E-state index contributed by atoms with van der Waals surface area (Å²) in [5.74, 6) is 0. The summed E-state index contributed by atoms with van der Waals surface area (Å²) in [6.07, 6.45) is 9.88. The zero-order chi connectivity index (χ0) is 21.3. The molecule has 0 saturated heterocycles. The molecule has 2 aromatic rings. The lowest BCUT2D eigenvalue weighted by Crippen LogP contribution is -2.49. The second kappa shape index (κ2) is 10.9. The molecule has 0 bridgehead atoms. The SMILES string of the molecule is CCCC(CCC)(c1ccccc1)C(CCC)(CCC)c1ccc(N(C)C)cc1. The maximum Gasteiger partial charge on any atom is 0.0361 e. The van der Waals surface area contributed by atoms with Gasteiger partial charge in [-0.1, -0.05) is 95.8 Å². The molecular formula is C28H43N. The van der Waals surface area contributed by atoms with Gasteiger partial charge in [-0.3, -0.25) is 0 Å². The summed E-state index contributed by atoms with van der Waals surface area (Å²) in [5, 5.41) is 0. The molecule has 0 unspecified atom stereocenters. The van der Waals surface area contributed by atoms with Crippen LogP contribution in [0.3, 0.4) is 0 Å². The first kappa shape index (κ1) is 23.5. The van der Waals surface area contributed by atoms with Gasteiger partial charge in [0.05, 0.1) is 0 Å². The molecule has 160 valence electrons. The highest BCUT2D eigenvalue weighted by atomic mass is 15.1. The molecule has 0 atom stereocenters. The summed E-state index contributed by atoms with van der Waals surface area (Å²) in [5.41, 5.74) is 4.73. The Kier molecular flexibility index (Phi) is 8.80. The predicted molar refractivity (Wildman–Crippen MR) is 130 cm³/mol. The first-order valence-corrected chi connectivity index (χ1v) is 11.8. The summed E-state index contributed by atoms with van der Waals surface area (Å²) in [6.45, 7) is 9.47. The Labute approximate surface area is 180 Å². The second-order valence-corrected chi connectivity index (χ2v) is 8.97. The molecule has 2 rings (SSSR count). The summed E-state index contributed by atoms with van der Waals surface area (Å²) in [6, 6.07) is 21.0. The molecule has 1 heteroatoms. The van der Waals surface area contributed by atoms with Crippen molar-refractivity contribution >= 4 is 5.69 Å². The monoisotopic (exact) mass is 393 g/mol. The first-order valence-electron chi connectivity index (χ1n) is 11.8. The van der Waals surface area contributed by atoms with E-state index < -0.39 is 0 Å². The van der Waals surface area contributed by atoms with Crippen LogP contribution in [-0.4, -0.2) is 14.1 Å². The van der Waals surface area contributed by atoms with Gasteiger partial charge in [-0.05, 0) is 48.9 Å². The number of nitrogens with zero attached hydrogens (tertiary/aromatic N) is 1. The van der Waals surface area contributed by atoms with Crippen molar-refractivity contribution in [3.63, 3.8) is 0 Å². The standard InChI is InChI=1S/C28H43N/c1-7-20-27(21-8-2,24-14-12-11-13-15-24)28(22-9-3,23-10-4)25-16-18-26(19-17-25)29(5)6/h11-19H,7-10,20-23H2,1-6H3. The quantitative estimate of drug-likeness (QED) is 0.352. The minimum absolute atomic E-state index is 0.175. The molecule has 0 heterocycles.